The van der Waals surface area contributed by atoms with Crippen molar-refractivity contribution in [1.82, 2.24) is 16.0 Å². The molecular weight excluding hydrogens is 420 g/mol. The van der Waals surface area contributed by atoms with Crippen molar-refractivity contribution >= 4 is 29.6 Å². The van der Waals surface area contributed by atoms with Crippen LogP contribution in [0.2, 0.25) is 0 Å². The molecule has 12 heteroatoms. The number of carbonyl (C=O) groups excluding carboxylic acids is 4. The van der Waals surface area contributed by atoms with Crippen LogP contribution < -0.4 is 33.2 Å². The largest absolute Gasteiger partial charge is 0.480 e. The van der Waals surface area contributed by atoms with Crippen LogP contribution in [0.3, 0.4) is 0 Å². The van der Waals surface area contributed by atoms with E-state index >= 15 is 0 Å². The quantitative estimate of drug-likeness (QED) is 0.132. The average Bonchev–Trinajstić information content (AvgIpc) is 2.73. The number of carbonyl (C=O) groups is 5. The van der Waals surface area contributed by atoms with Crippen LogP contribution in [0.25, 0.3) is 0 Å². The third-order valence-corrected chi connectivity index (χ3v) is 5.19. The van der Waals surface area contributed by atoms with E-state index in [9.17, 15) is 29.1 Å². The Morgan fingerprint density at radius 1 is 0.875 bits per heavy atom. The maximum Gasteiger partial charge on any atom is 0.326 e. The number of rotatable bonds is 16. The molecule has 0 fully saturated rings. The van der Waals surface area contributed by atoms with E-state index in [0.717, 1.165) is 0 Å². The average molecular weight is 459 g/mol. The van der Waals surface area contributed by atoms with E-state index in [1.807, 2.05) is 13.8 Å². The summed E-state index contributed by atoms with van der Waals surface area (Å²) in [6.45, 7) is 5.54. The van der Waals surface area contributed by atoms with Crippen LogP contribution in [-0.2, 0) is 24.0 Å². The fourth-order valence-corrected chi connectivity index (χ4v) is 2.76. The molecule has 0 saturated heterocycles. The molecule has 0 spiro atoms. The van der Waals surface area contributed by atoms with Crippen molar-refractivity contribution in [2.24, 2.45) is 23.1 Å². The summed E-state index contributed by atoms with van der Waals surface area (Å²) in [5, 5.41) is 16.6. The molecule has 12 nitrogen and oxygen atoms in total. The molecule has 0 bridgehead atoms. The Hall–Kier alpha value is -2.73. The Bertz CT molecular complexity index is 658. The fraction of sp³-hybridized carbons (Fsp3) is 0.750. The minimum Gasteiger partial charge on any atom is -0.480 e. The first-order valence-electron chi connectivity index (χ1n) is 10.8. The van der Waals surface area contributed by atoms with Gasteiger partial charge in [0.05, 0.1) is 6.04 Å². The minimum absolute atomic E-state index is 0.0826. The molecule has 5 unspecified atom stereocenters. The molecule has 32 heavy (non-hydrogen) atoms. The van der Waals surface area contributed by atoms with E-state index in [1.54, 1.807) is 0 Å². The summed E-state index contributed by atoms with van der Waals surface area (Å²) in [5.41, 5.74) is 16.5. The highest BCUT2D eigenvalue weighted by Gasteiger charge is 2.29. The van der Waals surface area contributed by atoms with Gasteiger partial charge in [-0.2, -0.15) is 0 Å². The minimum atomic E-state index is -1.33. The van der Waals surface area contributed by atoms with Gasteiger partial charge in [0.1, 0.15) is 18.1 Å². The predicted octanol–water partition coefficient (Wildman–Crippen LogP) is -1.69. The van der Waals surface area contributed by atoms with Crippen LogP contribution >= 0.6 is 0 Å². The number of aliphatic carboxylic acids is 1. The van der Waals surface area contributed by atoms with Crippen molar-refractivity contribution < 1.29 is 29.1 Å². The van der Waals surface area contributed by atoms with Crippen molar-refractivity contribution in [1.29, 1.82) is 0 Å². The summed E-state index contributed by atoms with van der Waals surface area (Å²) >= 11 is 0. The standard InChI is InChI=1S/C20H38N6O6/c1-4-11(2)16(23)19(30)25-13(7-5-6-10-21)18(29)24-12(3)17(28)26-14(20(31)32)8-9-15(22)27/h11-14,16H,4-10,21,23H2,1-3H3,(H2,22,27)(H,24,29)(H,25,30)(H,26,28)(H,31,32). The molecule has 0 aliphatic heterocycles. The van der Waals surface area contributed by atoms with Crippen molar-refractivity contribution in [2.75, 3.05) is 6.54 Å². The predicted molar refractivity (Wildman–Crippen MR) is 118 cm³/mol. The second kappa shape index (κ2) is 15.1. The van der Waals surface area contributed by atoms with Crippen LogP contribution in [0.1, 0.15) is 59.3 Å². The maximum absolute atomic E-state index is 12.7. The van der Waals surface area contributed by atoms with Crippen molar-refractivity contribution in [2.45, 2.75) is 83.5 Å². The van der Waals surface area contributed by atoms with Crippen LogP contribution in [0.15, 0.2) is 0 Å². The Kier molecular flexibility index (Phi) is 13.8. The zero-order valence-corrected chi connectivity index (χ0v) is 19.1. The van der Waals surface area contributed by atoms with E-state index < -0.39 is 53.8 Å². The van der Waals surface area contributed by atoms with Gasteiger partial charge in [-0.1, -0.05) is 20.3 Å². The van der Waals surface area contributed by atoms with Gasteiger partial charge in [0, 0.05) is 6.42 Å². The zero-order valence-electron chi connectivity index (χ0n) is 19.1. The van der Waals surface area contributed by atoms with Crippen molar-refractivity contribution in [3.63, 3.8) is 0 Å². The summed E-state index contributed by atoms with van der Waals surface area (Å²) in [4.78, 5) is 59.7. The van der Waals surface area contributed by atoms with Gasteiger partial charge in [0.25, 0.3) is 0 Å². The summed E-state index contributed by atoms with van der Waals surface area (Å²) < 4.78 is 0. The lowest BCUT2D eigenvalue weighted by Crippen LogP contribution is -2.57. The van der Waals surface area contributed by atoms with Crippen LogP contribution in [0.5, 0.6) is 0 Å². The third kappa shape index (κ3) is 11.0. The van der Waals surface area contributed by atoms with Gasteiger partial charge in [-0.15, -0.1) is 0 Å². The molecule has 0 saturated carbocycles. The van der Waals surface area contributed by atoms with Gasteiger partial charge in [0.2, 0.25) is 23.6 Å². The maximum atomic E-state index is 12.7. The Morgan fingerprint density at radius 2 is 1.47 bits per heavy atom. The number of hydrogen-bond acceptors (Lipinski definition) is 7. The Labute approximate surface area is 188 Å². The van der Waals surface area contributed by atoms with Gasteiger partial charge >= 0.3 is 5.97 Å². The molecular formula is C20H38N6O6. The molecule has 0 aromatic carbocycles. The first kappa shape index (κ1) is 29.3. The van der Waals surface area contributed by atoms with Crippen LogP contribution in [0, 0.1) is 5.92 Å². The first-order valence-corrected chi connectivity index (χ1v) is 10.8. The highest BCUT2D eigenvalue weighted by Crippen LogP contribution is 2.08. The van der Waals surface area contributed by atoms with E-state index in [2.05, 4.69) is 16.0 Å². The molecule has 0 aliphatic rings. The summed E-state index contributed by atoms with van der Waals surface area (Å²) in [7, 11) is 0. The molecule has 184 valence electrons. The molecule has 0 aromatic rings. The molecule has 5 atom stereocenters. The smallest absolute Gasteiger partial charge is 0.326 e. The van der Waals surface area contributed by atoms with Crippen molar-refractivity contribution in [3.8, 4) is 0 Å². The highest BCUT2D eigenvalue weighted by atomic mass is 16.4. The summed E-state index contributed by atoms with van der Waals surface area (Å²) in [5.74, 6) is -3.93. The number of hydrogen-bond donors (Lipinski definition) is 7. The molecule has 0 aliphatic carbocycles. The van der Waals surface area contributed by atoms with Gasteiger partial charge in [-0.25, -0.2) is 4.79 Å². The summed E-state index contributed by atoms with van der Waals surface area (Å²) in [6.07, 6.45) is 1.81. The molecule has 0 heterocycles. The SMILES string of the molecule is CCC(C)C(N)C(=O)NC(CCCCN)C(=O)NC(C)C(=O)NC(CCC(N)=O)C(=O)O. The fourth-order valence-electron chi connectivity index (χ4n) is 2.76. The second-order valence-electron chi connectivity index (χ2n) is 7.89. The summed E-state index contributed by atoms with van der Waals surface area (Å²) in [6, 6.07) is -4.13. The lowest BCUT2D eigenvalue weighted by Gasteiger charge is -2.25. The number of carboxylic acid groups (broad SMARTS) is 1. The number of primary amides is 1. The number of carboxylic acids is 1. The van der Waals surface area contributed by atoms with E-state index in [0.29, 0.717) is 32.2 Å². The molecule has 0 rings (SSSR count). The van der Waals surface area contributed by atoms with E-state index in [4.69, 9.17) is 17.2 Å². The lowest BCUT2D eigenvalue weighted by atomic mass is 9.98. The van der Waals surface area contributed by atoms with E-state index in [-0.39, 0.29) is 18.8 Å². The normalized spacial score (nSPS) is 15.5. The van der Waals surface area contributed by atoms with Crippen LogP contribution in [0.4, 0.5) is 0 Å². The molecule has 4 amide bonds. The first-order chi connectivity index (χ1) is 14.9. The number of amides is 4. The highest BCUT2D eigenvalue weighted by molar-refractivity contribution is 5.94. The monoisotopic (exact) mass is 458 g/mol. The zero-order chi connectivity index (χ0) is 24.8. The number of nitrogens with two attached hydrogens (primary N) is 3. The van der Waals surface area contributed by atoms with Crippen molar-refractivity contribution in [3.05, 3.63) is 0 Å². The van der Waals surface area contributed by atoms with Gasteiger partial charge in [-0.3, -0.25) is 19.2 Å². The number of unbranched alkanes of at least 4 members (excludes halogenated alkanes) is 1. The molecule has 0 radical (unpaired) electrons. The second-order valence-corrected chi connectivity index (χ2v) is 7.89. The number of nitrogens with one attached hydrogen (secondary N) is 3. The third-order valence-electron chi connectivity index (χ3n) is 5.19. The molecule has 10 N–H and O–H groups in total. The van der Waals surface area contributed by atoms with E-state index in [1.165, 1.54) is 6.92 Å². The Balaban J connectivity index is 5.10. The Morgan fingerprint density at radius 3 is 1.97 bits per heavy atom. The van der Waals surface area contributed by atoms with Gasteiger partial charge in [-0.05, 0) is 45.1 Å². The topological polar surface area (TPSA) is 220 Å². The van der Waals surface area contributed by atoms with Gasteiger partial charge in [0.15, 0.2) is 0 Å². The van der Waals surface area contributed by atoms with Crippen LogP contribution in [-0.4, -0.2) is 65.4 Å². The molecule has 0 aromatic heterocycles. The van der Waals surface area contributed by atoms with Gasteiger partial charge < -0.3 is 38.3 Å². The lowest BCUT2D eigenvalue weighted by molar-refractivity contribution is -0.142.